The molecule has 3 aromatic carbocycles. The topological polar surface area (TPSA) is 101 Å². The van der Waals surface area contributed by atoms with Gasteiger partial charge in [0.2, 0.25) is 5.91 Å². The van der Waals surface area contributed by atoms with Crippen molar-refractivity contribution < 1.29 is 14.5 Å². The molecule has 2 N–H and O–H groups in total. The maximum atomic E-state index is 12.9. The number of nitrogens with one attached hydrogen (secondary N) is 2. The first-order valence-electron chi connectivity index (χ1n) is 8.92. The van der Waals surface area contributed by atoms with E-state index in [4.69, 9.17) is 0 Å². The minimum absolute atomic E-state index is 0.0715. The molecule has 0 aliphatic heterocycles. The Balaban J connectivity index is 1.78. The van der Waals surface area contributed by atoms with Gasteiger partial charge >= 0.3 is 6.03 Å². The van der Waals surface area contributed by atoms with E-state index in [-0.39, 0.29) is 5.69 Å². The number of amides is 3. The Morgan fingerprint density at radius 2 is 1.45 bits per heavy atom. The first-order chi connectivity index (χ1) is 14.0. The van der Waals surface area contributed by atoms with Gasteiger partial charge in [-0.3, -0.25) is 20.2 Å². The molecule has 3 rings (SSSR count). The second-order valence-corrected chi connectivity index (χ2v) is 6.45. The Bertz CT molecular complexity index is 997. The zero-order valence-electron chi connectivity index (χ0n) is 15.7. The summed E-state index contributed by atoms with van der Waals surface area (Å²) in [7, 11) is 0. The van der Waals surface area contributed by atoms with Crippen LogP contribution >= 0.6 is 0 Å². The molecule has 0 saturated heterocycles. The third kappa shape index (κ3) is 4.84. The molecule has 0 radical (unpaired) electrons. The number of carbonyl (C=O) groups is 2. The van der Waals surface area contributed by atoms with Gasteiger partial charge in [-0.2, -0.15) is 0 Å². The molecule has 146 valence electrons. The van der Waals surface area contributed by atoms with Crippen molar-refractivity contribution in [1.29, 1.82) is 0 Å². The average Bonchev–Trinajstić information content (AvgIpc) is 2.71. The van der Waals surface area contributed by atoms with Gasteiger partial charge in [0.1, 0.15) is 0 Å². The Kier molecular flexibility index (Phi) is 5.99. The van der Waals surface area contributed by atoms with E-state index >= 15 is 0 Å². The van der Waals surface area contributed by atoms with Crippen LogP contribution < -0.4 is 10.6 Å². The smallest absolute Gasteiger partial charge is 0.307 e. The maximum absolute atomic E-state index is 12.9. The van der Waals surface area contributed by atoms with Crippen LogP contribution in [0.1, 0.15) is 22.6 Å². The third-order valence-electron chi connectivity index (χ3n) is 4.43. The van der Waals surface area contributed by atoms with Gasteiger partial charge in [-0.05, 0) is 29.7 Å². The standard InChI is InChI=1S/C22H19N3O4/c1-15-14-18(25(28)29)12-13-19(15)23-22(27)24-21(26)20(16-8-4-2-5-9-16)17-10-6-3-7-11-17/h2-14,20H,1H3,(H2,23,24,26,27). The molecule has 0 spiro atoms. The zero-order valence-corrected chi connectivity index (χ0v) is 15.7. The summed E-state index contributed by atoms with van der Waals surface area (Å²) in [6, 6.07) is 21.7. The third-order valence-corrected chi connectivity index (χ3v) is 4.43. The lowest BCUT2D eigenvalue weighted by molar-refractivity contribution is -0.384. The number of anilines is 1. The lowest BCUT2D eigenvalue weighted by Crippen LogP contribution is -2.38. The molecule has 0 aliphatic carbocycles. The monoisotopic (exact) mass is 389 g/mol. The second-order valence-electron chi connectivity index (χ2n) is 6.45. The highest BCUT2D eigenvalue weighted by molar-refractivity contribution is 6.04. The Hall–Kier alpha value is -4.00. The molecule has 7 heteroatoms. The van der Waals surface area contributed by atoms with E-state index in [0.717, 1.165) is 11.1 Å². The predicted octanol–water partition coefficient (Wildman–Crippen LogP) is 4.38. The highest BCUT2D eigenvalue weighted by atomic mass is 16.6. The largest absolute Gasteiger partial charge is 0.325 e. The molecule has 0 heterocycles. The molecular formula is C22H19N3O4. The normalized spacial score (nSPS) is 10.4. The number of rotatable bonds is 5. The fourth-order valence-corrected chi connectivity index (χ4v) is 3.03. The molecule has 0 aliphatic rings. The van der Waals surface area contributed by atoms with E-state index in [2.05, 4.69) is 10.6 Å². The van der Waals surface area contributed by atoms with Gasteiger partial charge in [0.05, 0.1) is 10.8 Å². The second kappa shape index (κ2) is 8.79. The van der Waals surface area contributed by atoms with Crippen LogP contribution in [0, 0.1) is 17.0 Å². The molecule has 0 saturated carbocycles. The van der Waals surface area contributed by atoms with Crippen molar-refractivity contribution in [2.75, 3.05) is 5.32 Å². The molecule has 0 aromatic heterocycles. The van der Waals surface area contributed by atoms with Crippen molar-refractivity contribution >= 4 is 23.3 Å². The van der Waals surface area contributed by atoms with Crippen LogP contribution in [-0.2, 0) is 4.79 Å². The SMILES string of the molecule is Cc1cc([N+](=O)[O-])ccc1NC(=O)NC(=O)C(c1ccccc1)c1ccccc1. The van der Waals surface area contributed by atoms with Crippen LogP contribution in [-0.4, -0.2) is 16.9 Å². The highest BCUT2D eigenvalue weighted by Crippen LogP contribution is 2.25. The molecule has 7 nitrogen and oxygen atoms in total. The highest BCUT2D eigenvalue weighted by Gasteiger charge is 2.24. The summed E-state index contributed by atoms with van der Waals surface area (Å²) in [4.78, 5) is 35.6. The van der Waals surface area contributed by atoms with Crippen LogP contribution in [0.25, 0.3) is 0 Å². The van der Waals surface area contributed by atoms with E-state index in [0.29, 0.717) is 11.3 Å². The van der Waals surface area contributed by atoms with Gasteiger partial charge in [0.15, 0.2) is 0 Å². The minimum Gasteiger partial charge on any atom is -0.307 e. The van der Waals surface area contributed by atoms with Crippen LogP contribution in [0.15, 0.2) is 78.9 Å². The minimum atomic E-state index is -0.705. The van der Waals surface area contributed by atoms with Crippen molar-refractivity contribution in [3.8, 4) is 0 Å². The van der Waals surface area contributed by atoms with E-state index in [1.54, 1.807) is 6.92 Å². The van der Waals surface area contributed by atoms with Gasteiger partial charge in [-0.1, -0.05) is 60.7 Å². The van der Waals surface area contributed by atoms with Crippen LogP contribution in [0.4, 0.5) is 16.2 Å². The molecule has 29 heavy (non-hydrogen) atoms. The van der Waals surface area contributed by atoms with E-state index < -0.39 is 22.8 Å². The maximum Gasteiger partial charge on any atom is 0.325 e. The number of aryl methyl sites for hydroxylation is 1. The Morgan fingerprint density at radius 1 is 0.897 bits per heavy atom. The number of hydrogen-bond donors (Lipinski definition) is 2. The lowest BCUT2D eigenvalue weighted by Gasteiger charge is -2.18. The number of nitro benzene ring substituents is 1. The van der Waals surface area contributed by atoms with Crippen molar-refractivity contribution in [2.45, 2.75) is 12.8 Å². The van der Waals surface area contributed by atoms with Gasteiger partial charge in [0.25, 0.3) is 5.69 Å². The number of nitrogens with zero attached hydrogens (tertiary/aromatic N) is 1. The summed E-state index contributed by atoms with van der Waals surface area (Å²) in [5.41, 5.74) is 2.35. The number of imide groups is 1. The van der Waals surface area contributed by atoms with Crippen LogP contribution in [0.2, 0.25) is 0 Å². The molecular weight excluding hydrogens is 370 g/mol. The van der Waals surface area contributed by atoms with Gasteiger partial charge in [0, 0.05) is 17.8 Å². The van der Waals surface area contributed by atoms with Crippen molar-refractivity contribution in [2.24, 2.45) is 0 Å². The summed E-state index contributed by atoms with van der Waals surface area (Å²) in [6.07, 6.45) is 0. The molecule has 3 aromatic rings. The van der Waals surface area contributed by atoms with E-state index in [1.807, 2.05) is 60.7 Å². The predicted molar refractivity (Wildman–Crippen MR) is 110 cm³/mol. The number of carbonyl (C=O) groups excluding carboxylic acids is 2. The Morgan fingerprint density at radius 3 is 1.93 bits per heavy atom. The lowest BCUT2D eigenvalue weighted by atomic mass is 9.90. The molecule has 0 atom stereocenters. The molecule has 0 fully saturated rings. The number of hydrogen-bond acceptors (Lipinski definition) is 4. The number of non-ortho nitro benzene ring substituents is 1. The average molecular weight is 389 g/mol. The van der Waals surface area contributed by atoms with Crippen molar-refractivity contribution in [3.05, 3.63) is 106 Å². The first-order valence-corrected chi connectivity index (χ1v) is 8.92. The van der Waals surface area contributed by atoms with Crippen LogP contribution in [0.3, 0.4) is 0 Å². The van der Waals surface area contributed by atoms with Gasteiger partial charge in [-0.15, -0.1) is 0 Å². The summed E-state index contributed by atoms with van der Waals surface area (Å²) in [6.45, 7) is 1.64. The fraction of sp³-hybridized carbons (Fsp3) is 0.0909. The summed E-state index contributed by atoms with van der Waals surface area (Å²) in [5, 5.41) is 15.8. The molecule has 3 amide bonds. The van der Waals surface area contributed by atoms with Gasteiger partial charge < -0.3 is 5.32 Å². The van der Waals surface area contributed by atoms with E-state index in [9.17, 15) is 19.7 Å². The van der Waals surface area contributed by atoms with Gasteiger partial charge in [-0.25, -0.2) is 4.79 Å². The van der Waals surface area contributed by atoms with Crippen molar-refractivity contribution in [1.82, 2.24) is 5.32 Å². The number of nitro groups is 1. The molecule has 0 bridgehead atoms. The van der Waals surface area contributed by atoms with E-state index in [1.165, 1.54) is 18.2 Å². The summed E-state index contributed by atoms with van der Waals surface area (Å²) >= 11 is 0. The fourth-order valence-electron chi connectivity index (χ4n) is 3.03. The zero-order chi connectivity index (χ0) is 20.8. The summed E-state index contributed by atoms with van der Waals surface area (Å²) < 4.78 is 0. The number of urea groups is 1. The first kappa shape index (κ1) is 19.8. The molecule has 0 unspecified atom stereocenters. The summed E-state index contributed by atoms with van der Waals surface area (Å²) in [5.74, 6) is -1.12. The quantitative estimate of drug-likeness (QED) is 0.499. The number of benzene rings is 3. The van der Waals surface area contributed by atoms with Crippen LogP contribution in [0.5, 0.6) is 0 Å². The van der Waals surface area contributed by atoms with Crippen molar-refractivity contribution in [3.63, 3.8) is 0 Å². The Labute approximate surface area is 167 Å².